The van der Waals surface area contributed by atoms with Crippen LogP contribution in [0.5, 0.6) is 0 Å². The minimum absolute atomic E-state index is 0.0793. The van der Waals surface area contributed by atoms with Crippen molar-refractivity contribution in [2.75, 3.05) is 5.32 Å². The third-order valence-corrected chi connectivity index (χ3v) is 3.40. The van der Waals surface area contributed by atoms with Crippen molar-refractivity contribution in [1.29, 1.82) is 0 Å². The summed E-state index contributed by atoms with van der Waals surface area (Å²) in [7, 11) is 0. The second-order valence-corrected chi connectivity index (χ2v) is 4.85. The molecule has 4 heteroatoms. The molecule has 0 aromatic heterocycles. The zero-order valence-corrected chi connectivity index (χ0v) is 11.6. The summed E-state index contributed by atoms with van der Waals surface area (Å²) in [6.07, 6.45) is 0. The van der Waals surface area contributed by atoms with E-state index in [9.17, 15) is 14.7 Å². The molecule has 0 bridgehead atoms. The zero-order valence-electron chi connectivity index (χ0n) is 11.6. The molecule has 1 N–H and O–H groups in total. The van der Waals surface area contributed by atoms with Crippen LogP contribution >= 0.6 is 0 Å². The van der Waals surface area contributed by atoms with Gasteiger partial charge in [-0.05, 0) is 29.0 Å². The topological polar surface area (TPSA) is 69.2 Å². The van der Waals surface area contributed by atoms with Crippen LogP contribution in [-0.4, -0.2) is 11.9 Å². The molecular formula is C18H12NO3-. The SMILES string of the molecule is O=C([O-])c1ccccc1C(=O)Nc1ccc2ccccc2c1. The summed E-state index contributed by atoms with van der Waals surface area (Å²) in [5.74, 6) is -1.85. The maximum Gasteiger partial charge on any atom is 0.256 e. The van der Waals surface area contributed by atoms with Crippen LogP contribution in [0.1, 0.15) is 20.7 Å². The Morgan fingerprint density at radius 1 is 0.773 bits per heavy atom. The molecule has 3 aromatic rings. The van der Waals surface area contributed by atoms with Gasteiger partial charge in [-0.15, -0.1) is 0 Å². The largest absolute Gasteiger partial charge is 0.545 e. The van der Waals surface area contributed by atoms with Crippen molar-refractivity contribution >= 4 is 28.3 Å². The first-order valence-corrected chi connectivity index (χ1v) is 6.76. The summed E-state index contributed by atoms with van der Waals surface area (Å²) >= 11 is 0. The molecule has 0 fully saturated rings. The molecule has 0 spiro atoms. The molecular weight excluding hydrogens is 278 g/mol. The van der Waals surface area contributed by atoms with Crippen LogP contribution in [0, 0.1) is 0 Å². The highest BCUT2D eigenvalue weighted by atomic mass is 16.4. The number of hydrogen-bond donors (Lipinski definition) is 1. The van der Waals surface area contributed by atoms with Crippen molar-refractivity contribution in [2.45, 2.75) is 0 Å². The normalized spacial score (nSPS) is 10.4. The first-order valence-electron chi connectivity index (χ1n) is 6.76. The van der Waals surface area contributed by atoms with Crippen LogP contribution in [0.3, 0.4) is 0 Å². The highest BCUT2D eigenvalue weighted by molar-refractivity contribution is 6.10. The average molecular weight is 290 g/mol. The molecule has 0 saturated heterocycles. The van der Waals surface area contributed by atoms with Crippen molar-refractivity contribution < 1.29 is 14.7 Å². The average Bonchev–Trinajstić information content (AvgIpc) is 2.54. The van der Waals surface area contributed by atoms with Crippen LogP contribution in [0.15, 0.2) is 66.7 Å². The highest BCUT2D eigenvalue weighted by Crippen LogP contribution is 2.20. The lowest BCUT2D eigenvalue weighted by molar-refractivity contribution is -0.255. The Bertz CT molecular complexity index is 871. The van der Waals surface area contributed by atoms with E-state index in [1.165, 1.54) is 12.1 Å². The molecule has 0 heterocycles. The number of amides is 1. The number of benzene rings is 3. The molecule has 0 aliphatic heterocycles. The molecule has 108 valence electrons. The van der Waals surface area contributed by atoms with Crippen molar-refractivity contribution in [2.24, 2.45) is 0 Å². The molecule has 22 heavy (non-hydrogen) atoms. The van der Waals surface area contributed by atoms with Gasteiger partial charge in [0.15, 0.2) is 0 Å². The van der Waals surface area contributed by atoms with Crippen molar-refractivity contribution in [3.8, 4) is 0 Å². The highest BCUT2D eigenvalue weighted by Gasteiger charge is 2.11. The summed E-state index contributed by atoms with van der Waals surface area (Å²) in [5, 5.41) is 15.8. The molecule has 1 amide bonds. The Morgan fingerprint density at radius 3 is 2.14 bits per heavy atom. The molecule has 3 rings (SSSR count). The van der Waals surface area contributed by atoms with E-state index in [0.29, 0.717) is 5.69 Å². The van der Waals surface area contributed by atoms with Crippen molar-refractivity contribution in [3.05, 3.63) is 77.9 Å². The van der Waals surface area contributed by atoms with E-state index in [4.69, 9.17) is 0 Å². The van der Waals surface area contributed by atoms with E-state index in [1.807, 2.05) is 36.4 Å². The van der Waals surface area contributed by atoms with Gasteiger partial charge in [0.25, 0.3) is 5.91 Å². The van der Waals surface area contributed by atoms with Gasteiger partial charge in [0.1, 0.15) is 0 Å². The van der Waals surface area contributed by atoms with Crippen molar-refractivity contribution in [1.82, 2.24) is 0 Å². The number of carbonyl (C=O) groups is 2. The van der Waals surface area contributed by atoms with Gasteiger partial charge in [-0.25, -0.2) is 0 Å². The standard InChI is InChI=1S/C18H13NO3/c20-17(15-7-3-4-8-16(15)18(21)22)19-14-10-9-12-5-1-2-6-13(12)11-14/h1-11H,(H,19,20)(H,21,22)/p-1. The van der Waals surface area contributed by atoms with E-state index in [1.54, 1.807) is 18.2 Å². The van der Waals surface area contributed by atoms with Gasteiger partial charge in [0.05, 0.1) is 5.97 Å². The summed E-state index contributed by atoms with van der Waals surface area (Å²) in [6.45, 7) is 0. The van der Waals surface area contributed by atoms with E-state index in [2.05, 4.69) is 5.32 Å². The first kappa shape index (κ1) is 13.8. The Kier molecular flexibility index (Phi) is 3.58. The Labute approximate surface area is 127 Å². The summed E-state index contributed by atoms with van der Waals surface area (Å²) < 4.78 is 0. The summed E-state index contributed by atoms with van der Waals surface area (Å²) in [4.78, 5) is 23.3. The van der Waals surface area contributed by atoms with Gasteiger partial charge in [-0.1, -0.05) is 48.5 Å². The second-order valence-electron chi connectivity index (χ2n) is 4.85. The number of anilines is 1. The molecule has 0 aliphatic rings. The molecule has 4 nitrogen and oxygen atoms in total. The number of nitrogens with one attached hydrogen (secondary N) is 1. The Balaban J connectivity index is 1.91. The Morgan fingerprint density at radius 2 is 1.41 bits per heavy atom. The lowest BCUT2D eigenvalue weighted by Gasteiger charge is -2.11. The number of carboxylic acids is 1. The predicted octanol–water partition coefficient (Wildman–Crippen LogP) is 2.46. The molecule has 0 radical (unpaired) electrons. The molecule has 3 aromatic carbocycles. The van der Waals surface area contributed by atoms with Gasteiger partial charge in [0, 0.05) is 16.8 Å². The van der Waals surface area contributed by atoms with E-state index in [0.717, 1.165) is 10.8 Å². The predicted molar refractivity (Wildman–Crippen MR) is 82.7 cm³/mol. The maximum atomic E-state index is 12.3. The van der Waals surface area contributed by atoms with Gasteiger partial charge in [-0.3, -0.25) is 4.79 Å². The lowest BCUT2D eigenvalue weighted by Crippen LogP contribution is -2.26. The molecule has 0 saturated carbocycles. The fourth-order valence-electron chi connectivity index (χ4n) is 2.32. The third-order valence-electron chi connectivity index (χ3n) is 3.40. The monoisotopic (exact) mass is 290 g/mol. The fraction of sp³-hybridized carbons (Fsp3) is 0. The van der Waals surface area contributed by atoms with Crippen LogP contribution in [0.25, 0.3) is 10.8 Å². The molecule has 0 aliphatic carbocycles. The van der Waals surface area contributed by atoms with Gasteiger partial charge < -0.3 is 15.2 Å². The van der Waals surface area contributed by atoms with E-state index >= 15 is 0 Å². The second kappa shape index (κ2) is 5.69. The van der Waals surface area contributed by atoms with Crippen LogP contribution in [0.2, 0.25) is 0 Å². The smallest absolute Gasteiger partial charge is 0.256 e. The number of fused-ring (bicyclic) bond motifs is 1. The summed E-state index contributed by atoms with van der Waals surface area (Å²) in [5.41, 5.74) is 0.563. The fourth-order valence-corrected chi connectivity index (χ4v) is 2.32. The van der Waals surface area contributed by atoms with Gasteiger partial charge in [-0.2, -0.15) is 0 Å². The van der Waals surface area contributed by atoms with Gasteiger partial charge in [0.2, 0.25) is 0 Å². The zero-order chi connectivity index (χ0) is 15.5. The number of rotatable bonds is 3. The minimum Gasteiger partial charge on any atom is -0.545 e. The van der Waals surface area contributed by atoms with Crippen LogP contribution in [-0.2, 0) is 0 Å². The maximum absolute atomic E-state index is 12.3. The van der Waals surface area contributed by atoms with E-state index < -0.39 is 11.9 Å². The Hall–Kier alpha value is -3.14. The number of hydrogen-bond acceptors (Lipinski definition) is 3. The van der Waals surface area contributed by atoms with Crippen molar-refractivity contribution in [3.63, 3.8) is 0 Å². The lowest BCUT2D eigenvalue weighted by atomic mass is 10.1. The summed E-state index contributed by atoms with van der Waals surface area (Å²) in [6, 6.07) is 19.3. The molecule has 0 atom stereocenters. The van der Waals surface area contributed by atoms with Crippen LogP contribution in [0.4, 0.5) is 5.69 Å². The van der Waals surface area contributed by atoms with Crippen LogP contribution < -0.4 is 10.4 Å². The molecule has 0 unspecified atom stereocenters. The number of aromatic carboxylic acids is 1. The first-order chi connectivity index (χ1) is 10.6. The third kappa shape index (κ3) is 2.67. The van der Waals surface area contributed by atoms with E-state index in [-0.39, 0.29) is 11.1 Å². The number of carboxylic acid groups (broad SMARTS) is 1. The minimum atomic E-state index is -1.37. The number of carbonyl (C=O) groups excluding carboxylic acids is 2. The quantitative estimate of drug-likeness (QED) is 0.805. The van der Waals surface area contributed by atoms with Gasteiger partial charge >= 0.3 is 0 Å².